The summed E-state index contributed by atoms with van der Waals surface area (Å²) < 4.78 is 5.94. The minimum Gasteiger partial charge on any atom is -0.455 e. The quantitative estimate of drug-likeness (QED) is 0.510. The topological polar surface area (TPSA) is 83.7 Å². The molecule has 0 unspecified atom stereocenters. The lowest BCUT2D eigenvalue weighted by atomic mass is 9.93. The number of nitrogens with zero attached hydrogens (tertiary/aromatic N) is 1. The summed E-state index contributed by atoms with van der Waals surface area (Å²) in [6.45, 7) is 5.70. The number of hydrazone groups is 1. The Morgan fingerprint density at radius 3 is 2.50 bits per heavy atom. The highest BCUT2D eigenvalue weighted by Gasteiger charge is 2.28. The maximum Gasteiger partial charge on any atom is 0.291 e. The lowest BCUT2D eigenvalue weighted by Gasteiger charge is -2.13. The molecule has 3 aromatic rings. The summed E-state index contributed by atoms with van der Waals surface area (Å²) >= 11 is 6.07. The molecule has 7 heteroatoms. The Hall–Kier alpha value is -3.38. The van der Waals surface area contributed by atoms with E-state index in [0.717, 1.165) is 23.1 Å². The highest BCUT2D eigenvalue weighted by molar-refractivity contribution is 6.31. The van der Waals surface area contributed by atoms with E-state index in [1.165, 1.54) is 0 Å². The average Bonchev–Trinajstić information content (AvgIpc) is 3.12. The van der Waals surface area contributed by atoms with Crippen molar-refractivity contribution in [2.24, 2.45) is 5.10 Å². The van der Waals surface area contributed by atoms with Crippen LogP contribution in [0.4, 0.5) is 5.69 Å². The molecule has 164 valence electrons. The molecule has 2 amide bonds. The molecule has 1 aromatic heterocycles. The fourth-order valence-corrected chi connectivity index (χ4v) is 3.96. The van der Waals surface area contributed by atoms with E-state index in [0.29, 0.717) is 46.2 Å². The third kappa shape index (κ3) is 4.46. The van der Waals surface area contributed by atoms with Crippen LogP contribution in [0.25, 0.3) is 0 Å². The summed E-state index contributed by atoms with van der Waals surface area (Å²) in [6, 6.07) is 12.6. The Balaban J connectivity index is 1.57. The van der Waals surface area contributed by atoms with Crippen molar-refractivity contribution < 1.29 is 14.0 Å². The molecule has 0 radical (unpaired) electrons. The number of nitrogens with one attached hydrogen (secondary N) is 2. The Bertz CT molecular complexity index is 1230. The van der Waals surface area contributed by atoms with Crippen molar-refractivity contribution in [3.05, 3.63) is 86.8 Å². The number of carbonyl (C=O) groups excluding carboxylic acids is 2. The van der Waals surface area contributed by atoms with Gasteiger partial charge in [0.05, 0.1) is 5.71 Å². The Labute approximate surface area is 191 Å². The number of hydrogen-bond acceptors (Lipinski definition) is 4. The summed E-state index contributed by atoms with van der Waals surface area (Å²) in [5, 5.41) is 7.80. The molecule has 0 aliphatic heterocycles. The number of fused-ring (bicyclic) bond motifs is 1. The van der Waals surface area contributed by atoms with Crippen molar-refractivity contribution in [2.45, 2.75) is 40.0 Å². The first-order chi connectivity index (χ1) is 15.3. The van der Waals surface area contributed by atoms with Crippen molar-refractivity contribution in [2.75, 3.05) is 5.32 Å². The van der Waals surface area contributed by atoms with Gasteiger partial charge in [-0.25, -0.2) is 5.43 Å². The molecule has 1 aliphatic carbocycles. The first kappa shape index (κ1) is 21.8. The largest absolute Gasteiger partial charge is 0.455 e. The Kier molecular flexibility index (Phi) is 6.15. The van der Waals surface area contributed by atoms with Gasteiger partial charge in [-0.3, -0.25) is 9.59 Å². The van der Waals surface area contributed by atoms with Gasteiger partial charge in [-0.2, -0.15) is 5.10 Å². The number of furan rings is 1. The van der Waals surface area contributed by atoms with Gasteiger partial charge in [0.15, 0.2) is 5.76 Å². The molecule has 4 rings (SSSR count). The average molecular weight is 450 g/mol. The number of anilines is 1. The zero-order valence-electron chi connectivity index (χ0n) is 18.2. The second kappa shape index (κ2) is 9.01. The van der Waals surface area contributed by atoms with Gasteiger partial charge in [0.1, 0.15) is 5.76 Å². The van der Waals surface area contributed by atoms with E-state index in [1.807, 2.05) is 39.0 Å². The van der Waals surface area contributed by atoms with Gasteiger partial charge in [0.2, 0.25) is 0 Å². The van der Waals surface area contributed by atoms with Crippen LogP contribution in [0.2, 0.25) is 5.02 Å². The van der Waals surface area contributed by atoms with Crippen molar-refractivity contribution >= 4 is 34.8 Å². The summed E-state index contributed by atoms with van der Waals surface area (Å²) in [5.74, 6) is 0.337. The maximum atomic E-state index is 12.9. The molecule has 0 saturated heterocycles. The molecule has 32 heavy (non-hydrogen) atoms. The van der Waals surface area contributed by atoms with Gasteiger partial charge in [-0.1, -0.05) is 35.4 Å². The minimum atomic E-state index is -0.342. The Morgan fingerprint density at radius 2 is 1.75 bits per heavy atom. The fraction of sp³-hybridized carbons (Fsp3) is 0.240. The minimum absolute atomic E-state index is 0.244. The summed E-state index contributed by atoms with van der Waals surface area (Å²) in [6.07, 6.45) is 2.23. The standard InChI is InChI=1S/C25H24ClN3O3/c1-14-7-10-17(11-8-14)24(30)29-28-19-5-4-6-21-22(19)16(3)23(32-21)25(31)27-20-13-18(26)12-9-15(20)2/h7-13H,4-6H2,1-3H3,(H,27,31)(H,29,30)/b28-19+. The molecule has 1 heterocycles. The van der Waals surface area contributed by atoms with Crippen LogP contribution in [0.15, 0.2) is 52.0 Å². The Morgan fingerprint density at radius 1 is 1.00 bits per heavy atom. The monoisotopic (exact) mass is 449 g/mol. The number of amides is 2. The van der Waals surface area contributed by atoms with E-state index in [-0.39, 0.29) is 17.6 Å². The first-order valence-electron chi connectivity index (χ1n) is 10.5. The number of hydrogen-bond donors (Lipinski definition) is 2. The van der Waals surface area contributed by atoms with E-state index < -0.39 is 0 Å². The van der Waals surface area contributed by atoms with Crippen LogP contribution in [-0.2, 0) is 6.42 Å². The molecule has 2 N–H and O–H groups in total. The lowest BCUT2D eigenvalue weighted by molar-refractivity contribution is 0.0953. The van der Waals surface area contributed by atoms with E-state index in [4.69, 9.17) is 16.0 Å². The highest BCUT2D eigenvalue weighted by atomic mass is 35.5. The predicted octanol–water partition coefficient (Wildman–Crippen LogP) is 5.58. The molecule has 2 aromatic carbocycles. The molecule has 0 spiro atoms. The van der Waals surface area contributed by atoms with Crippen LogP contribution in [0, 0.1) is 20.8 Å². The second-order valence-corrected chi connectivity index (χ2v) is 8.42. The molecule has 0 saturated carbocycles. The number of benzene rings is 2. The molecule has 6 nitrogen and oxygen atoms in total. The van der Waals surface area contributed by atoms with Gasteiger partial charge in [-0.15, -0.1) is 0 Å². The third-order valence-corrected chi connectivity index (χ3v) is 5.82. The summed E-state index contributed by atoms with van der Waals surface area (Å²) in [5.41, 5.74) is 8.02. The summed E-state index contributed by atoms with van der Waals surface area (Å²) in [4.78, 5) is 25.4. The van der Waals surface area contributed by atoms with Gasteiger partial charge >= 0.3 is 0 Å². The van der Waals surface area contributed by atoms with Gasteiger partial charge in [0, 0.05) is 33.8 Å². The zero-order valence-corrected chi connectivity index (χ0v) is 19.0. The van der Waals surface area contributed by atoms with Crippen LogP contribution in [0.5, 0.6) is 0 Å². The molecule has 0 fully saturated rings. The normalized spacial score (nSPS) is 14.2. The lowest BCUT2D eigenvalue weighted by Crippen LogP contribution is -2.22. The van der Waals surface area contributed by atoms with Crippen LogP contribution < -0.4 is 10.7 Å². The molecule has 1 aliphatic rings. The van der Waals surface area contributed by atoms with Crippen molar-refractivity contribution in [1.29, 1.82) is 0 Å². The van der Waals surface area contributed by atoms with Gasteiger partial charge < -0.3 is 9.73 Å². The van der Waals surface area contributed by atoms with Crippen LogP contribution in [0.3, 0.4) is 0 Å². The van der Waals surface area contributed by atoms with Gasteiger partial charge in [0.25, 0.3) is 11.8 Å². The number of rotatable bonds is 4. The summed E-state index contributed by atoms with van der Waals surface area (Å²) in [7, 11) is 0. The van der Waals surface area contributed by atoms with E-state index in [9.17, 15) is 9.59 Å². The zero-order chi connectivity index (χ0) is 22.8. The van der Waals surface area contributed by atoms with Crippen LogP contribution in [-0.4, -0.2) is 17.5 Å². The van der Waals surface area contributed by atoms with E-state index in [2.05, 4.69) is 15.8 Å². The van der Waals surface area contributed by atoms with E-state index >= 15 is 0 Å². The highest BCUT2D eigenvalue weighted by Crippen LogP contribution is 2.31. The fourth-order valence-electron chi connectivity index (χ4n) is 3.79. The molecular formula is C25H24ClN3O3. The number of aryl methyl sites for hydroxylation is 3. The van der Waals surface area contributed by atoms with Crippen LogP contribution in [0.1, 0.15) is 61.8 Å². The molecular weight excluding hydrogens is 426 g/mol. The second-order valence-electron chi connectivity index (χ2n) is 7.99. The van der Waals surface area contributed by atoms with Crippen molar-refractivity contribution in [3.8, 4) is 0 Å². The van der Waals surface area contributed by atoms with E-state index in [1.54, 1.807) is 24.3 Å². The van der Waals surface area contributed by atoms with Crippen LogP contribution >= 0.6 is 11.6 Å². The molecule has 0 atom stereocenters. The predicted molar refractivity (Wildman–Crippen MR) is 126 cm³/mol. The molecule has 0 bridgehead atoms. The first-order valence-corrected chi connectivity index (χ1v) is 10.8. The third-order valence-electron chi connectivity index (χ3n) is 5.59. The number of carbonyl (C=O) groups is 2. The van der Waals surface area contributed by atoms with Gasteiger partial charge in [-0.05, 0) is 63.4 Å². The van der Waals surface area contributed by atoms with Crippen molar-refractivity contribution in [1.82, 2.24) is 5.43 Å². The number of halogens is 1. The maximum absolute atomic E-state index is 12.9. The SMILES string of the molecule is Cc1ccc(C(=O)N/N=C2\CCCc3oc(C(=O)Nc4cc(Cl)ccc4C)c(C)c32)cc1. The van der Waals surface area contributed by atoms with Crippen molar-refractivity contribution in [3.63, 3.8) is 0 Å². The smallest absolute Gasteiger partial charge is 0.291 e.